The fraction of sp³-hybridized carbons (Fsp3) is 0.429. The molecule has 1 saturated heterocycles. The topological polar surface area (TPSA) is 79.9 Å². The van der Waals surface area contributed by atoms with Crippen molar-refractivity contribution in [2.24, 2.45) is 0 Å². The summed E-state index contributed by atoms with van der Waals surface area (Å²) in [7, 11) is 1.69. The van der Waals surface area contributed by atoms with Gasteiger partial charge in [0, 0.05) is 24.2 Å². The average molecular weight is 392 g/mol. The van der Waals surface area contributed by atoms with Gasteiger partial charge in [-0.15, -0.1) is 5.10 Å². The van der Waals surface area contributed by atoms with Crippen LogP contribution >= 0.6 is 0 Å². The Balaban J connectivity index is 1.74. The molecule has 1 aliphatic rings. The van der Waals surface area contributed by atoms with Crippen LogP contribution in [0.4, 0.5) is 0 Å². The third kappa shape index (κ3) is 3.23. The van der Waals surface area contributed by atoms with Gasteiger partial charge in [-0.1, -0.05) is 5.21 Å². The summed E-state index contributed by atoms with van der Waals surface area (Å²) in [4.78, 5) is 9.57. The molecule has 4 aromatic rings. The van der Waals surface area contributed by atoms with Crippen molar-refractivity contribution in [1.82, 2.24) is 29.5 Å². The van der Waals surface area contributed by atoms with Crippen LogP contribution in [0.2, 0.25) is 0 Å². The maximum atomic E-state index is 5.81. The highest BCUT2D eigenvalue weighted by Crippen LogP contribution is 2.34. The SMILES string of the molecule is COc1ccc2ncc3nc(Cn4cc(C)nn4)n([C@H]4CCO[C@@H](C)C4)c3c2c1. The normalized spacial score (nSPS) is 19.8. The summed E-state index contributed by atoms with van der Waals surface area (Å²) in [5, 5.41) is 9.40. The minimum absolute atomic E-state index is 0.218. The van der Waals surface area contributed by atoms with Crippen LogP contribution in [0.15, 0.2) is 30.6 Å². The summed E-state index contributed by atoms with van der Waals surface area (Å²) >= 11 is 0. The van der Waals surface area contributed by atoms with Crippen LogP contribution < -0.4 is 4.74 Å². The molecule has 3 aromatic heterocycles. The predicted molar refractivity (Wildman–Crippen MR) is 109 cm³/mol. The maximum absolute atomic E-state index is 5.81. The highest BCUT2D eigenvalue weighted by Gasteiger charge is 2.26. The van der Waals surface area contributed by atoms with E-state index in [4.69, 9.17) is 14.5 Å². The van der Waals surface area contributed by atoms with Crippen molar-refractivity contribution in [2.75, 3.05) is 13.7 Å². The Bertz CT molecular complexity index is 1180. The van der Waals surface area contributed by atoms with Gasteiger partial charge in [0.1, 0.15) is 23.6 Å². The van der Waals surface area contributed by atoms with Gasteiger partial charge in [-0.2, -0.15) is 0 Å². The van der Waals surface area contributed by atoms with Crippen molar-refractivity contribution in [3.8, 4) is 5.75 Å². The summed E-state index contributed by atoms with van der Waals surface area (Å²) in [6, 6.07) is 6.30. The second-order valence-corrected chi connectivity index (χ2v) is 7.69. The number of rotatable bonds is 4. The third-order valence-corrected chi connectivity index (χ3v) is 5.58. The molecule has 0 spiro atoms. The number of benzene rings is 1. The third-order valence-electron chi connectivity index (χ3n) is 5.58. The number of nitrogens with zero attached hydrogens (tertiary/aromatic N) is 6. The molecular weight excluding hydrogens is 368 g/mol. The van der Waals surface area contributed by atoms with E-state index in [0.717, 1.165) is 58.7 Å². The van der Waals surface area contributed by atoms with Gasteiger partial charge >= 0.3 is 0 Å². The Kier molecular flexibility index (Phi) is 4.43. The molecule has 4 heterocycles. The lowest BCUT2D eigenvalue weighted by molar-refractivity contribution is 0.00619. The molecule has 2 atom stereocenters. The Labute approximate surface area is 168 Å². The first kappa shape index (κ1) is 18.1. The first-order chi connectivity index (χ1) is 14.1. The minimum Gasteiger partial charge on any atom is -0.497 e. The molecule has 0 saturated carbocycles. The number of hydrogen-bond acceptors (Lipinski definition) is 6. The second-order valence-electron chi connectivity index (χ2n) is 7.69. The Hall–Kier alpha value is -3.00. The molecule has 0 bridgehead atoms. The van der Waals surface area contributed by atoms with Gasteiger partial charge < -0.3 is 14.0 Å². The van der Waals surface area contributed by atoms with Crippen LogP contribution in [-0.2, 0) is 11.3 Å². The smallest absolute Gasteiger partial charge is 0.132 e. The Morgan fingerprint density at radius 1 is 1.28 bits per heavy atom. The number of fused-ring (bicyclic) bond motifs is 3. The van der Waals surface area contributed by atoms with E-state index in [1.165, 1.54) is 0 Å². The number of pyridine rings is 1. The van der Waals surface area contributed by atoms with Gasteiger partial charge in [0.25, 0.3) is 0 Å². The van der Waals surface area contributed by atoms with Crippen LogP contribution in [0.5, 0.6) is 5.75 Å². The van der Waals surface area contributed by atoms with Crippen molar-refractivity contribution < 1.29 is 9.47 Å². The fourth-order valence-electron chi connectivity index (χ4n) is 4.26. The number of aryl methyl sites for hydroxylation is 1. The zero-order chi connectivity index (χ0) is 20.0. The number of aromatic nitrogens is 6. The van der Waals surface area contributed by atoms with E-state index < -0.39 is 0 Å². The van der Waals surface area contributed by atoms with E-state index >= 15 is 0 Å². The maximum Gasteiger partial charge on any atom is 0.132 e. The largest absolute Gasteiger partial charge is 0.497 e. The number of imidazole rings is 1. The highest BCUT2D eigenvalue weighted by atomic mass is 16.5. The van der Waals surface area contributed by atoms with Crippen molar-refractivity contribution in [3.63, 3.8) is 0 Å². The number of ether oxygens (including phenoxy) is 2. The number of hydrogen-bond donors (Lipinski definition) is 0. The predicted octanol–water partition coefficient (Wildman–Crippen LogP) is 3.28. The summed E-state index contributed by atoms with van der Waals surface area (Å²) < 4.78 is 15.5. The molecule has 0 unspecified atom stereocenters. The molecule has 8 nitrogen and oxygen atoms in total. The summed E-state index contributed by atoms with van der Waals surface area (Å²) in [6.07, 6.45) is 5.92. The van der Waals surface area contributed by atoms with Gasteiger partial charge in [-0.25, -0.2) is 9.67 Å². The quantitative estimate of drug-likeness (QED) is 0.530. The molecule has 0 radical (unpaired) electrons. The summed E-state index contributed by atoms with van der Waals surface area (Å²) in [5.74, 6) is 1.77. The molecule has 0 amide bonds. The van der Waals surface area contributed by atoms with E-state index in [2.05, 4.69) is 32.9 Å². The Morgan fingerprint density at radius 3 is 2.93 bits per heavy atom. The standard InChI is InChI=1S/C21H24N6O2/c1-13-11-26(25-24-13)12-20-23-19-10-22-18-5-4-16(28-3)9-17(18)21(19)27(20)15-6-7-29-14(2)8-15/h4-5,9-11,14-15H,6-8,12H2,1-3H3/t14-,15-/m0/s1. The van der Waals surface area contributed by atoms with Crippen LogP contribution in [0.25, 0.3) is 21.9 Å². The summed E-state index contributed by atoms with van der Waals surface area (Å²) in [6.45, 7) is 5.39. The molecule has 1 aromatic carbocycles. The van der Waals surface area contributed by atoms with Crippen molar-refractivity contribution in [2.45, 2.75) is 45.4 Å². The monoisotopic (exact) mass is 392 g/mol. The van der Waals surface area contributed by atoms with Crippen LogP contribution in [0.3, 0.4) is 0 Å². The average Bonchev–Trinajstić information content (AvgIpc) is 3.30. The van der Waals surface area contributed by atoms with Crippen LogP contribution in [0.1, 0.15) is 37.3 Å². The molecule has 1 aliphatic heterocycles. The summed E-state index contributed by atoms with van der Waals surface area (Å²) in [5.41, 5.74) is 3.81. The van der Waals surface area contributed by atoms with Gasteiger partial charge in [0.2, 0.25) is 0 Å². The highest BCUT2D eigenvalue weighted by molar-refractivity contribution is 6.03. The van der Waals surface area contributed by atoms with Crippen LogP contribution in [0, 0.1) is 6.92 Å². The van der Waals surface area contributed by atoms with Crippen molar-refractivity contribution in [1.29, 1.82) is 0 Å². The lowest BCUT2D eigenvalue weighted by Gasteiger charge is -2.30. The van der Waals surface area contributed by atoms with Gasteiger partial charge in [0.05, 0.1) is 36.1 Å². The second kappa shape index (κ2) is 7.11. The fourth-order valence-corrected chi connectivity index (χ4v) is 4.26. The lowest BCUT2D eigenvalue weighted by atomic mass is 10.0. The first-order valence-electron chi connectivity index (χ1n) is 9.94. The molecule has 8 heteroatoms. The van der Waals surface area contributed by atoms with E-state index in [-0.39, 0.29) is 6.10 Å². The van der Waals surface area contributed by atoms with Crippen LogP contribution in [-0.4, -0.2) is 49.3 Å². The van der Waals surface area contributed by atoms with E-state index in [9.17, 15) is 0 Å². The molecule has 150 valence electrons. The van der Waals surface area contributed by atoms with Crippen molar-refractivity contribution >= 4 is 21.9 Å². The zero-order valence-corrected chi connectivity index (χ0v) is 16.9. The first-order valence-corrected chi connectivity index (χ1v) is 9.94. The van der Waals surface area contributed by atoms with Gasteiger partial charge in [-0.05, 0) is 44.9 Å². The number of methoxy groups -OCH3 is 1. The lowest BCUT2D eigenvalue weighted by Crippen LogP contribution is -2.27. The molecule has 5 rings (SSSR count). The Morgan fingerprint density at radius 2 is 2.17 bits per heavy atom. The van der Waals surface area contributed by atoms with E-state index in [0.29, 0.717) is 12.6 Å². The minimum atomic E-state index is 0.218. The van der Waals surface area contributed by atoms with E-state index in [1.54, 1.807) is 7.11 Å². The molecule has 0 N–H and O–H groups in total. The molecular formula is C21H24N6O2. The van der Waals surface area contributed by atoms with Gasteiger partial charge in [-0.3, -0.25) is 4.98 Å². The van der Waals surface area contributed by atoms with Gasteiger partial charge in [0.15, 0.2) is 0 Å². The molecule has 0 aliphatic carbocycles. The molecule has 1 fully saturated rings. The van der Waals surface area contributed by atoms with E-state index in [1.807, 2.05) is 36.1 Å². The zero-order valence-electron chi connectivity index (χ0n) is 16.9. The van der Waals surface area contributed by atoms with Crippen molar-refractivity contribution in [3.05, 3.63) is 42.1 Å². The molecule has 29 heavy (non-hydrogen) atoms.